The van der Waals surface area contributed by atoms with Crippen LogP contribution in [0.15, 0.2) is 48.0 Å². The van der Waals surface area contributed by atoms with Gasteiger partial charge in [0, 0.05) is 62.2 Å². The molecule has 252 valence electrons. The summed E-state index contributed by atoms with van der Waals surface area (Å²) in [6.07, 6.45) is 19.5. The summed E-state index contributed by atoms with van der Waals surface area (Å²) in [5.41, 5.74) is 11.7. The van der Waals surface area contributed by atoms with Gasteiger partial charge in [-0.1, -0.05) is 67.0 Å². The molecule has 4 nitrogen and oxygen atoms in total. The number of allylic oxidation sites excluding steroid dienone is 2. The molecule has 47 heavy (non-hydrogen) atoms. The molecule has 2 heterocycles. The molecule has 0 saturated heterocycles. The number of anilines is 2. The van der Waals surface area contributed by atoms with E-state index in [-0.39, 0.29) is 24.8 Å². The maximum atomic E-state index is 6.38. The molecule has 8 heteroatoms. The molecule has 0 unspecified atom stereocenters. The number of hydrogen-bond donors (Lipinski definition) is 2. The van der Waals surface area contributed by atoms with Crippen molar-refractivity contribution in [2.24, 2.45) is 5.92 Å². The second kappa shape index (κ2) is 16.4. The number of pyridine rings is 2. The number of fused-ring (bicyclic) bond motifs is 7. The Labute approximate surface area is 302 Å². The zero-order chi connectivity index (χ0) is 30.8. The van der Waals surface area contributed by atoms with Gasteiger partial charge in [-0.3, -0.25) is 9.97 Å². The van der Waals surface area contributed by atoms with Gasteiger partial charge in [0.15, 0.2) is 0 Å². The highest BCUT2D eigenvalue weighted by Gasteiger charge is 2.33. The molecular weight excluding hydrogens is 666 g/mol. The average molecular weight is 715 g/mol. The highest BCUT2D eigenvalue weighted by molar-refractivity contribution is 6.31. The Kier molecular flexibility index (Phi) is 12.6. The molecule has 2 bridgehead atoms. The van der Waals surface area contributed by atoms with E-state index >= 15 is 0 Å². The summed E-state index contributed by atoms with van der Waals surface area (Å²) in [6.45, 7) is 4.33. The number of benzene rings is 2. The fraction of sp³-hybridized carbons (Fsp3) is 0.487. The number of aryl methyl sites for hydroxylation is 1. The molecule has 2 N–H and O–H groups in total. The molecular formula is C39H48Cl4N4. The van der Waals surface area contributed by atoms with Crippen LogP contribution in [-0.2, 0) is 19.3 Å². The Morgan fingerprint density at radius 1 is 0.702 bits per heavy atom. The van der Waals surface area contributed by atoms with Gasteiger partial charge in [-0.2, -0.15) is 0 Å². The van der Waals surface area contributed by atoms with Crippen LogP contribution in [0.5, 0.6) is 0 Å². The number of rotatable bonds is 12. The topological polar surface area (TPSA) is 49.8 Å². The summed E-state index contributed by atoms with van der Waals surface area (Å²) in [5.74, 6) is 1.21. The normalized spacial score (nSPS) is 18.1. The van der Waals surface area contributed by atoms with Crippen molar-refractivity contribution in [1.29, 1.82) is 0 Å². The van der Waals surface area contributed by atoms with Crippen LogP contribution in [0.1, 0.15) is 106 Å². The minimum absolute atomic E-state index is 0. The van der Waals surface area contributed by atoms with E-state index in [2.05, 4.69) is 35.8 Å². The summed E-state index contributed by atoms with van der Waals surface area (Å²) in [6, 6.07) is 12.4. The zero-order valence-corrected chi connectivity index (χ0v) is 30.6. The minimum Gasteiger partial charge on any atom is -0.384 e. The van der Waals surface area contributed by atoms with Gasteiger partial charge in [-0.15, -0.1) is 24.8 Å². The van der Waals surface area contributed by atoms with Gasteiger partial charge in [0.25, 0.3) is 0 Å². The van der Waals surface area contributed by atoms with Gasteiger partial charge in [0.05, 0.1) is 11.0 Å². The molecule has 0 saturated carbocycles. The first kappa shape index (κ1) is 36.1. The van der Waals surface area contributed by atoms with E-state index in [1.807, 2.05) is 24.3 Å². The minimum atomic E-state index is 0. The summed E-state index contributed by atoms with van der Waals surface area (Å²) in [7, 11) is 0. The van der Waals surface area contributed by atoms with Crippen molar-refractivity contribution in [3.63, 3.8) is 0 Å². The van der Waals surface area contributed by atoms with Crippen molar-refractivity contribution in [2.45, 2.75) is 103 Å². The predicted octanol–water partition coefficient (Wildman–Crippen LogP) is 12.1. The molecule has 3 aliphatic rings. The van der Waals surface area contributed by atoms with Gasteiger partial charge >= 0.3 is 0 Å². The molecule has 0 radical (unpaired) electrons. The Hall–Kier alpha value is -2.24. The predicted molar refractivity (Wildman–Crippen MR) is 207 cm³/mol. The maximum absolute atomic E-state index is 6.38. The van der Waals surface area contributed by atoms with Crippen molar-refractivity contribution in [3.8, 4) is 0 Å². The lowest BCUT2D eigenvalue weighted by atomic mass is 9.71. The number of nitrogens with one attached hydrogen (secondary N) is 2. The van der Waals surface area contributed by atoms with Crippen molar-refractivity contribution < 1.29 is 0 Å². The van der Waals surface area contributed by atoms with Crippen LogP contribution in [0.4, 0.5) is 11.4 Å². The molecule has 7 rings (SSSR count). The Bertz CT molecular complexity index is 1740. The third-order valence-electron chi connectivity index (χ3n) is 10.3. The fourth-order valence-electron chi connectivity index (χ4n) is 8.24. The lowest BCUT2D eigenvalue weighted by molar-refractivity contribution is 0.433. The van der Waals surface area contributed by atoms with Crippen LogP contribution in [-0.4, -0.2) is 23.1 Å². The van der Waals surface area contributed by atoms with E-state index in [1.165, 1.54) is 114 Å². The van der Waals surface area contributed by atoms with Gasteiger partial charge in [0.2, 0.25) is 0 Å². The standard InChI is InChI=1S/C39H46Cl2N4.2ClH/c1-25-19-26-21-27(20-25)37-36(22-26)45-35-24-29(41)14-16-32(35)39(37)43-18-10-6-4-2-3-5-9-17-42-38-30-11-7-8-12-33(30)44-34-23-28(40)13-15-31(34)38;;/h13-16,19,23-24,26-27H,2-12,17-18,20-22H2,1H3,(H,42,44)(H,43,45);2*1H/t26-,27+;;/m1../s1. The Morgan fingerprint density at radius 2 is 1.28 bits per heavy atom. The van der Waals surface area contributed by atoms with E-state index in [1.54, 1.807) is 0 Å². The van der Waals surface area contributed by atoms with Crippen molar-refractivity contribution in [3.05, 3.63) is 80.6 Å². The van der Waals surface area contributed by atoms with Gasteiger partial charge in [-0.05, 0) is 119 Å². The molecule has 4 aromatic rings. The second-order valence-electron chi connectivity index (χ2n) is 13.7. The molecule has 0 amide bonds. The first-order chi connectivity index (χ1) is 22.0. The molecule has 2 aromatic heterocycles. The van der Waals surface area contributed by atoms with Crippen LogP contribution >= 0.6 is 48.0 Å². The molecule has 0 fully saturated rings. The number of hydrogen-bond acceptors (Lipinski definition) is 4. The molecule has 2 aromatic carbocycles. The van der Waals surface area contributed by atoms with E-state index < -0.39 is 0 Å². The maximum Gasteiger partial charge on any atom is 0.0741 e. The van der Waals surface area contributed by atoms with Gasteiger partial charge in [0.1, 0.15) is 0 Å². The van der Waals surface area contributed by atoms with Crippen LogP contribution in [0.3, 0.4) is 0 Å². The first-order valence-corrected chi connectivity index (χ1v) is 18.2. The Morgan fingerprint density at radius 3 is 1.96 bits per heavy atom. The SMILES string of the molecule is CC1=C[C@H]2Cc3nc4cc(Cl)ccc4c(NCCCCCCCCCNc4c5c(nc6cc(Cl)ccc46)CCCC5)c3[C@@H](C1)C2.Cl.Cl. The largest absolute Gasteiger partial charge is 0.384 e. The van der Waals surface area contributed by atoms with Crippen molar-refractivity contribution >= 4 is 81.2 Å². The highest BCUT2D eigenvalue weighted by Crippen LogP contribution is 2.47. The monoisotopic (exact) mass is 712 g/mol. The summed E-state index contributed by atoms with van der Waals surface area (Å²) < 4.78 is 0. The third-order valence-corrected chi connectivity index (χ3v) is 10.8. The van der Waals surface area contributed by atoms with E-state index in [0.29, 0.717) is 11.8 Å². The van der Waals surface area contributed by atoms with Crippen molar-refractivity contribution in [2.75, 3.05) is 23.7 Å². The number of aromatic nitrogens is 2. The quantitative estimate of drug-likeness (QED) is 0.113. The Balaban J connectivity index is 0.00000217. The van der Waals surface area contributed by atoms with E-state index in [0.717, 1.165) is 59.9 Å². The second-order valence-corrected chi connectivity index (χ2v) is 14.6. The molecule has 0 aliphatic heterocycles. The summed E-state index contributed by atoms with van der Waals surface area (Å²) in [5, 5.41) is 11.7. The zero-order valence-electron chi connectivity index (χ0n) is 27.5. The first-order valence-electron chi connectivity index (χ1n) is 17.4. The van der Waals surface area contributed by atoms with Crippen molar-refractivity contribution in [1.82, 2.24) is 9.97 Å². The number of nitrogens with zero attached hydrogens (tertiary/aromatic N) is 2. The van der Waals surface area contributed by atoms with E-state index in [4.69, 9.17) is 33.2 Å². The van der Waals surface area contributed by atoms with Crippen LogP contribution < -0.4 is 10.6 Å². The van der Waals surface area contributed by atoms with Gasteiger partial charge in [-0.25, -0.2) is 0 Å². The highest BCUT2D eigenvalue weighted by atomic mass is 35.5. The lowest BCUT2D eigenvalue weighted by Crippen LogP contribution is -2.24. The number of unbranched alkanes of at least 4 members (excludes halogenated alkanes) is 6. The smallest absolute Gasteiger partial charge is 0.0741 e. The van der Waals surface area contributed by atoms with Gasteiger partial charge < -0.3 is 10.6 Å². The number of halogens is 4. The van der Waals surface area contributed by atoms with Crippen LogP contribution in [0.25, 0.3) is 21.8 Å². The molecule has 3 aliphatic carbocycles. The lowest BCUT2D eigenvalue weighted by Gasteiger charge is -2.36. The molecule has 2 atom stereocenters. The molecule has 0 spiro atoms. The van der Waals surface area contributed by atoms with E-state index in [9.17, 15) is 0 Å². The van der Waals surface area contributed by atoms with Crippen LogP contribution in [0.2, 0.25) is 10.0 Å². The third kappa shape index (κ3) is 8.15. The summed E-state index contributed by atoms with van der Waals surface area (Å²) in [4.78, 5) is 10.1. The summed E-state index contributed by atoms with van der Waals surface area (Å²) >= 11 is 12.7. The van der Waals surface area contributed by atoms with Crippen LogP contribution in [0, 0.1) is 5.92 Å². The average Bonchev–Trinajstić information content (AvgIpc) is 3.02. The fourth-order valence-corrected chi connectivity index (χ4v) is 8.57.